The van der Waals surface area contributed by atoms with Gasteiger partial charge in [-0.05, 0) is 49.2 Å². The van der Waals surface area contributed by atoms with Crippen molar-refractivity contribution in [1.29, 1.82) is 5.26 Å². The number of benzene rings is 1. The van der Waals surface area contributed by atoms with Crippen molar-refractivity contribution in [2.45, 2.75) is 25.4 Å². The zero-order valence-corrected chi connectivity index (χ0v) is 18.7. The second-order valence-corrected chi connectivity index (χ2v) is 9.09. The third-order valence-electron chi connectivity index (χ3n) is 5.55. The maximum absolute atomic E-state index is 9.00. The number of H-pyrrole nitrogens is 1. The van der Waals surface area contributed by atoms with Crippen molar-refractivity contribution in [1.82, 2.24) is 25.1 Å². The number of nitrogens with one attached hydrogen (secondary N) is 2. The van der Waals surface area contributed by atoms with Gasteiger partial charge in [-0.25, -0.2) is 9.97 Å². The molecule has 32 heavy (non-hydrogen) atoms. The van der Waals surface area contributed by atoms with Crippen molar-refractivity contribution >= 4 is 33.9 Å². The average Bonchev–Trinajstić information content (AvgIpc) is 3.56. The Bertz CT molecular complexity index is 1260. The SMILES string of the molecule is N#Cc1cnc(Nc2cccc(C3CCCN3Cc3cn[nH]c3-c3ccc(Cl)cc3)n2)s1. The van der Waals surface area contributed by atoms with Crippen LogP contribution in [-0.4, -0.2) is 31.6 Å². The fourth-order valence-corrected chi connectivity index (χ4v) is 4.81. The highest BCUT2D eigenvalue weighted by Crippen LogP contribution is 2.34. The molecule has 1 aliphatic heterocycles. The molecule has 0 amide bonds. The molecule has 0 saturated carbocycles. The van der Waals surface area contributed by atoms with Crippen LogP contribution in [0.15, 0.2) is 54.9 Å². The zero-order chi connectivity index (χ0) is 21.9. The highest BCUT2D eigenvalue weighted by Gasteiger charge is 2.28. The molecule has 0 radical (unpaired) electrons. The second-order valence-electron chi connectivity index (χ2n) is 7.62. The minimum Gasteiger partial charge on any atom is -0.316 e. The molecule has 1 fully saturated rings. The number of nitriles is 1. The number of aromatic nitrogens is 4. The number of pyridine rings is 1. The van der Waals surface area contributed by atoms with Crippen molar-refractivity contribution in [2.24, 2.45) is 0 Å². The number of anilines is 2. The summed E-state index contributed by atoms with van der Waals surface area (Å²) in [6.45, 7) is 1.80. The van der Waals surface area contributed by atoms with E-state index < -0.39 is 0 Å². The molecule has 2 N–H and O–H groups in total. The van der Waals surface area contributed by atoms with Crippen molar-refractivity contribution in [3.05, 3.63) is 76.0 Å². The lowest BCUT2D eigenvalue weighted by atomic mass is 10.1. The van der Waals surface area contributed by atoms with Crippen LogP contribution in [0, 0.1) is 11.3 Å². The topological polar surface area (TPSA) is 93.5 Å². The Hall–Kier alpha value is -3.25. The first-order valence-electron chi connectivity index (χ1n) is 10.3. The number of halogens is 1. The number of hydrogen-bond acceptors (Lipinski definition) is 7. The summed E-state index contributed by atoms with van der Waals surface area (Å²) < 4.78 is 0. The Morgan fingerprint density at radius 2 is 2.09 bits per heavy atom. The summed E-state index contributed by atoms with van der Waals surface area (Å²) in [5, 5.41) is 21.0. The second kappa shape index (κ2) is 9.09. The molecule has 7 nitrogen and oxygen atoms in total. The molecule has 0 aliphatic carbocycles. The fraction of sp³-hybridized carbons (Fsp3) is 0.217. The summed E-state index contributed by atoms with van der Waals surface area (Å²) in [5.41, 5.74) is 4.27. The highest BCUT2D eigenvalue weighted by molar-refractivity contribution is 7.16. The summed E-state index contributed by atoms with van der Waals surface area (Å²) in [6, 6.07) is 16.2. The number of likely N-dealkylation sites (tertiary alicyclic amines) is 1. The van der Waals surface area contributed by atoms with Gasteiger partial charge < -0.3 is 5.32 Å². The van der Waals surface area contributed by atoms with Crippen molar-refractivity contribution < 1.29 is 0 Å². The quantitative estimate of drug-likeness (QED) is 0.392. The normalized spacial score (nSPS) is 16.2. The van der Waals surface area contributed by atoms with Gasteiger partial charge in [-0.1, -0.05) is 41.1 Å². The standard InChI is InChI=1S/C23H20ClN7S/c24-17-8-6-15(7-9-17)22-16(12-27-30-22)14-31-10-2-4-20(31)19-3-1-5-21(28-19)29-23-26-13-18(11-25)32-23/h1,3,5-9,12-13,20H,2,4,10,14H2,(H,27,30)(H,26,28,29). The molecule has 0 bridgehead atoms. The predicted molar refractivity (Wildman–Crippen MR) is 126 cm³/mol. The Morgan fingerprint density at radius 1 is 1.22 bits per heavy atom. The fourth-order valence-electron chi connectivity index (χ4n) is 4.07. The Balaban J connectivity index is 1.34. The molecule has 9 heteroatoms. The van der Waals surface area contributed by atoms with Crippen LogP contribution in [0.4, 0.5) is 10.9 Å². The van der Waals surface area contributed by atoms with Gasteiger partial charge in [-0.3, -0.25) is 10.00 Å². The van der Waals surface area contributed by atoms with Gasteiger partial charge in [0.15, 0.2) is 5.13 Å². The van der Waals surface area contributed by atoms with Crippen LogP contribution >= 0.6 is 22.9 Å². The molecular formula is C23H20ClN7S. The van der Waals surface area contributed by atoms with Crippen LogP contribution < -0.4 is 5.32 Å². The van der Waals surface area contributed by atoms with Gasteiger partial charge in [0.2, 0.25) is 0 Å². The van der Waals surface area contributed by atoms with E-state index in [1.165, 1.54) is 11.3 Å². The number of aromatic amines is 1. The number of thiazole rings is 1. The molecule has 1 aliphatic rings. The van der Waals surface area contributed by atoms with Crippen LogP contribution in [0.2, 0.25) is 5.02 Å². The van der Waals surface area contributed by atoms with E-state index >= 15 is 0 Å². The van der Waals surface area contributed by atoms with Crippen molar-refractivity contribution in [2.75, 3.05) is 11.9 Å². The van der Waals surface area contributed by atoms with E-state index in [9.17, 15) is 0 Å². The summed E-state index contributed by atoms with van der Waals surface area (Å²) in [4.78, 5) is 12.1. The maximum Gasteiger partial charge on any atom is 0.189 e. The molecule has 1 aromatic carbocycles. The Labute approximate surface area is 194 Å². The van der Waals surface area contributed by atoms with Crippen LogP contribution in [-0.2, 0) is 6.54 Å². The third-order valence-corrected chi connectivity index (χ3v) is 6.62. The number of rotatable bonds is 6. The van der Waals surface area contributed by atoms with Crippen molar-refractivity contribution in [3.63, 3.8) is 0 Å². The first-order valence-corrected chi connectivity index (χ1v) is 11.5. The van der Waals surface area contributed by atoms with Crippen LogP contribution in [0.3, 0.4) is 0 Å². The van der Waals surface area contributed by atoms with Crippen LogP contribution in [0.25, 0.3) is 11.3 Å². The first kappa shape index (κ1) is 20.6. The van der Waals surface area contributed by atoms with E-state index in [-0.39, 0.29) is 6.04 Å². The molecular weight excluding hydrogens is 442 g/mol. The first-order chi connectivity index (χ1) is 15.7. The minimum absolute atomic E-state index is 0.232. The van der Waals surface area contributed by atoms with Gasteiger partial charge in [0.05, 0.1) is 29.8 Å². The summed E-state index contributed by atoms with van der Waals surface area (Å²) in [6.07, 6.45) is 5.65. The Kier molecular flexibility index (Phi) is 5.86. The summed E-state index contributed by atoms with van der Waals surface area (Å²) in [7, 11) is 0. The Morgan fingerprint density at radius 3 is 2.91 bits per heavy atom. The lowest BCUT2D eigenvalue weighted by molar-refractivity contribution is 0.245. The van der Waals surface area contributed by atoms with Gasteiger partial charge in [0, 0.05) is 17.1 Å². The molecule has 160 valence electrons. The van der Waals surface area contributed by atoms with E-state index in [1.54, 1.807) is 6.20 Å². The molecule has 1 saturated heterocycles. The number of nitrogens with zero attached hydrogens (tertiary/aromatic N) is 5. The van der Waals surface area contributed by atoms with Crippen LogP contribution in [0.1, 0.15) is 35.0 Å². The molecule has 0 spiro atoms. The molecule has 1 unspecified atom stereocenters. The van der Waals surface area contributed by atoms with Gasteiger partial charge in [-0.15, -0.1) is 0 Å². The van der Waals surface area contributed by atoms with E-state index in [0.717, 1.165) is 59.3 Å². The third kappa shape index (κ3) is 4.36. The lowest BCUT2D eigenvalue weighted by Gasteiger charge is -2.24. The van der Waals surface area contributed by atoms with E-state index in [0.29, 0.717) is 10.0 Å². The monoisotopic (exact) mass is 461 g/mol. The largest absolute Gasteiger partial charge is 0.316 e. The van der Waals surface area contributed by atoms with E-state index in [2.05, 4.69) is 37.5 Å². The van der Waals surface area contributed by atoms with Gasteiger partial charge in [0.1, 0.15) is 16.8 Å². The van der Waals surface area contributed by atoms with Gasteiger partial charge >= 0.3 is 0 Å². The van der Waals surface area contributed by atoms with Crippen molar-refractivity contribution in [3.8, 4) is 17.3 Å². The molecule has 4 aromatic rings. The zero-order valence-electron chi connectivity index (χ0n) is 17.1. The van der Waals surface area contributed by atoms with Gasteiger partial charge in [0.25, 0.3) is 0 Å². The number of hydrogen-bond donors (Lipinski definition) is 2. The smallest absolute Gasteiger partial charge is 0.189 e. The molecule has 4 heterocycles. The predicted octanol–water partition coefficient (Wildman–Crippen LogP) is 5.53. The molecule has 1 atom stereocenters. The molecule has 3 aromatic heterocycles. The summed E-state index contributed by atoms with van der Waals surface area (Å²) in [5.74, 6) is 0.735. The van der Waals surface area contributed by atoms with Gasteiger partial charge in [-0.2, -0.15) is 10.4 Å². The minimum atomic E-state index is 0.232. The highest BCUT2D eigenvalue weighted by atomic mass is 35.5. The van der Waals surface area contributed by atoms with Crippen LogP contribution in [0.5, 0.6) is 0 Å². The summed E-state index contributed by atoms with van der Waals surface area (Å²) >= 11 is 7.36. The van der Waals surface area contributed by atoms with E-state index in [1.807, 2.05) is 42.6 Å². The lowest BCUT2D eigenvalue weighted by Crippen LogP contribution is -2.23. The maximum atomic E-state index is 9.00. The molecule has 5 rings (SSSR count). The van der Waals surface area contributed by atoms with E-state index in [4.69, 9.17) is 21.8 Å². The average molecular weight is 462 g/mol.